The van der Waals surface area contributed by atoms with Crippen molar-refractivity contribution in [3.63, 3.8) is 0 Å². The second-order valence-electron chi connectivity index (χ2n) is 15.4. The summed E-state index contributed by atoms with van der Waals surface area (Å²) in [6.45, 7) is 4.14. The predicted octanol–water partition coefficient (Wildman–Crippen LogP) is 4.20. The van der Waals surface area contributed by atoms with E-state index >= 15 is 4.39 Å². The van der Waals surface area contributed by atoms with Crippen molar-refractivity contribution in [1.29, 1.82) is 0 Å². The van der Waals surface area contributed by atoms with Gasteiger partial charge in [0, 0.05) is 79.8 Å². The van der Waals surface area contributed by atoms with E-state index in [4.69, 9.17) is 0 Å². The Hall–Kier alpha value is -6.79. The summed E-state index contributed by atoms with van der Waals surface area (Å²) in [5.41, 5.74) is 5.45. The Labute approximate surface area is 346 Å². The maximum Gasteiger partial charge on any atom is 0.343 e. The molecule has 1 unspecified atom stereocenters. The number of anilines is 2. The Bertz CT molecular complexity index is 2620. The van der Waals surface area contributed by atoms with E-state index in [1.165, 1.54) is 22.3 Å². The van der Waals surface area contributed by atoms with Gasteiger partial charge in [0.1, 0.15) is 5.82 Å². The molecule has 3 aromatic carbocycles. The Kier molecular flexibility index (Phi) is 9.24. The molecule has 16 nitrogen and oxygen atoms in total. The molecule has 2 fully saturated rings. The summed E-state index contributed by atoms with van der Waals surface area (Å²) in [5.74, 6) is -3.06. The summed E-state index contributed by atoms with van der Waals surface area (Å²) in [4.78, 5) is 92.9. The van der Waals surface area contributed by atoms with Crippen LogP contribution < -0.4 is 15.5 Å². The van der Waals surface area contributed by atoms with Crippen LogP contribution >= 0.6 is 11.3 Å². The zero-order valence-electron chi connectivity index (χ0n) is 32.1. The van der Waals surface area contributed by atoms with Crippen LogP contribution in [0, 0.1) is 5.82 Å². The van der Waals surface area contributed by atoms with E-state index in [-0.39, 0.29) is 41.8 Å². The molecule has 2 N–H and O–H groups in total. The van der Waals surface area contributed by atoms with Gasteiger partial charge in [-0.25, -0.2) is 24.2 Å². The topological polar surface area (TPSA) is 173 Å². The predicted molar refractivity (Wildman–Crippen MR) is 215 cm³/mol. The number of rotatable bonds is 9. The van der Waals surface area contributed by atoms with Crippen molar-refractivity contribution in [2.45, 2.75) is 44.9 Å². The van der Waals surface area contributed by atoms with Crippen LogP contribution in [0.5, 0.6) is 0 Å². The minimum absolute atomic E-state index is 0.00868. The quantitative estimate of drug-likeness (QED) is 0.205. The molecular weight excluding hydrogens is 792 g/mol. The summed E-state index contributed by atoms with van der Waals surface area (Å²) < 4.78 is 17.9. The number of hydrogen-bond acceptors (Lipinski definition) is 11. The molecular formula is C42H37FN10O6S. The van der Waals surface area contributed by atoms with Crippen molar-refractivity contribution in [3.8, 4) is 11.1 Å². The van der Waals surface area contributed by atoms with Crippen LogP contribution in [-0.2, 0) is 35.6 Å². The molecule has 5 aromatic rings. The zero-order chi connectivity index (χ0) is 41.2. The average Bonchev–Trinajstić information content (AvgIpc) is 4.09. The molecule has 0 saturated carbocycles. The van der Waals surface area contributed by atoms with Crippen LogP contribution in [0.1, 0.15) is 72.5 Å². The largest absolute Gasteiger partial charge is 0.369 e. The number of hydrazine groups is 1. The number of imidazole rings is 1. The monoisotopic (exact) mass is 828 g/mol. The molecule has 2 saturated heterocycles. The van der Waals surface area contributed by atoms with Crippen LogP contribution in [-0.4, -0.2) is 103 Å². The van der Waals surface area contributed by atoms with Gasteiger partial charge in [-0.1, -0.05) is 18.2 Å². The molecule has 7 heterocycles. The SMILES string of the molecule is O=C1CCN(N2C(=O)c3ccc(CN4CCN(c5ccc(-c6cc(F)c7c(c6)C(=O)N(C(C(=O)Nc6nccs6)c6ncn8c6CCC8)C7)cc5)CC4)cc3C2=O)C(=O)N1. The molecule has 0 radical (unpaired) electrons. The molecule has 5 aliphatic heterocycles. The Morgan fingerprint density at radius 3 is 2.40 bits per heavy atom. The van der Waals surface area contributed by atoms with Crippen LogP contribution in [0.15, 0.2) is 72.5 Å². The molecule has 60 heavy (non-hydrogen) atoms. The average molecular weight is 829 g/mol. The summed E-state index contributed by atoms with van der Waals surface area (Å²) >= 11 is 1.27. The minimum atomic E-state index is -1.06. The number of carbonyl (C=O) groups is 6. The van der Waals surface area contributed by atoms with Gasteiger partial charge in [0.05, 0.1) is 36.2 Å². The number of nitrogens with zero attached hydrogens (tertiary/aromatic N) is 8. The van der Waals surface area contributed by atoms with Crippen molar-refractivity contribution in [2.24, 2.45) is 0 Å². The van der Waals surface area contributed by atoms with Gasteiger partial charge in [0.25, 0.3) is 23.6 Å². The van der Waals surface area contributed by atoms with E-state index in [1.54, 1.807) is 36.1 Å². The lowest BCUT2D eigenvalue weighted by molar-refractivity contribution is -0.123. The Morgan fingerprint density at radius 1 is 0.833 bits per heavy atom. The number of thiazole rings is 1. The maximum absolute atomic E-state index is 15.9. The normalized spacial score (nSPS) is 18.2. The number of fused-ring (bicyclic) bond motifs is 3. The summed E-state index contributed by atoms with van der Waals surface area (Å²) in [6, 6.07) is 14.2. The third-order valence-electron chi connectivity index (χ3n) is 11.8. The fourth-order valence-corrected chi connectivity index (χ4v) is 9.32. The van der Waals surface area contributed by atoms with Crippen LogP contribution in [0.2, 0.25) is 0 Å². The Balaban J connectivity index is 0.798. The highest BCUT2D eigenvalue weighted by Gasteiger charge is 2.44. The van der Waals surface area contributed by atoms with E-state index in [0.717, 1.165) is 78.1 Å². The highest BCUT2D eigenvalue weighted by atomic mass is 32.1. The van der Waals surface area contributed by atoms with E-state index in [0.29, 0.717) is 22.9 Å². The summed E-state index contributed by atoms with van der Waals surface area (Å²) in [6.07, 6.45) is 4.91. The van der Waals surface area contributed by atoms with Crippen LogP contribution in [0.4, 0.5) is 20.0 Å². The molecule has 1 atom stereocenters. The van der Waals surface area contributed by atoms with Gasteiger partial charge in [0.15, 0.2) is 11.2 Å². The molecule has 10 rings (SSSR count). The standard InChI is InChI=1S/C42H37FN10O6S/c43-32-20-26(19-30-31(32)22-51(38(30)56)36(37(55)47-41-44-10-17-60-41)35-33-2-1-11-50(33)23-45-35)25-4-6-27(7-5-25)49-15-13-48(14-16-49)21-24-3-8-28-29(18-24)40(58)53(39(28)57)52-12-9-34(54)46-42(52)59/h3-8,10,17-20,23,36H,1-2,9,11-16,21-22H2,(H,44,47,55)(H,46,54,59). The van der Waals surface area contributed by atoms with Gasteiger partial charge < -0.3 is 14.4 Å². The van der Waals surface area contributed by atoms with Gasteiger partial charge in [-0.2, -0.15) is 5.01 Å². The van der Waals surface area contributed by atoms with Gasteiger partial charge in [0.2, 0.25) is 5.91 Å². The lowest BCUT2D eigenvalue weighted by Gasteiger charge is -2.36. The Morgan fingerprint density at radius 2 is 1.63 bits per heavy atom. The number of aromatic nitrogens is 3. The van der Waals surface area contributed by atoms with Gasteiger partial charge in [-0.05, 0) is 65.9 Å². The number of halogens is 1. The first-order valence-electron chi connectivity index (χ1n) is 19.7. The zero-order valence-corrected chi connectivity index (χ0v) is 32.9. The molecule has 5 aliphatic rings. The van der Waals surface area contributed by atoms with Crippen molar-refractivity contribution >= 4 is 57.7 Å². The molecule has 0 spiro atoms. The second kappa shape index (κ2) is 14.8. The first kappa shape index (κ1) is 37.5. The van der Waals surface area contributed by atoms with Crippen LogP contribution in [0.25, 0.3) is 11.1 Å². The lowest BCUT2D eigenvalue weighted by Crippen LogP contribution is -2.58. The number of imide groups is 2. The van der Waals surface area contributed by atoms with Gasteiger partial charge in [-0.3, -0.25) is 39.5 Å². The van der Waals surface area contributed by atoms with E-state index < -0.39 is 47.4 Å². The highest BCUT2D eigenvalue weighted by molar-refractivity contribution is 7.13. The number of piperazine rings is 1. The number of amides is 7. The number of hydrogen-bond donors (Lipinski definition) is 2. The molecule has 2 aromatic heterocycles. The third-order valence-corrected chi connectivity index (χ3v) is 12.5. The smallest absolute Gasteiger partial charge is 0.343 e. The first-order valence-corrected chi connectivity index (χ1v) is 20.6. The van der Waals surface area contributed by atoms with E-state index in [2.05, 4.69) is 30.4 Å². The van der Waals surface area contributed by atoms with Gasteiger partial charge in [-0.15, -0.1) is 11.3 Å². The molecule has 0 aliphatic carbocycles. The molecule has 7 amide bonds. The van der Waals surface area contributed by atoms with Crippen molar-refractivity contribution in [2.75, 3.05) is 42.9 Å². The van der Waals surface area contributed by atoms with Crippen LogP contribution in [0.3, 0.4) is 0 Å². The number of urea groups is 1. The third kappa shape index (κ3) is 6.47. The van der Waals surface area contributed by atoms with Gasteiger partial charge >= 0.3 is 6.03 Å². The number of carbonyl (C=O) groups excluding carboxylic acids is 6. The molecule has 0 bridgehead atoms. The lowest BCUT2D eigenvalue weighted by atomic mass is 9.99. The number of benzene rings is 3. The van der Waals surface area contributed by atoms with E-state index in [9.17, 15) is 28.8 Å². The fourth-order valence-electron chi connectivity index (χ4n) is 8.79. The minimum Gasteiger partial charge on any atom is -0.369 e. The second-order valence-corrected chi connectivity index (χ2v) is 16.3. The number of aryl methyl sites for hydroxylation is 1. The van der Waals surface area contributed by atoms with Crippen molar-refractivity contribution in [1.82, 2.24) is 39.7 Å². The molecule has 18 heteroatoms. The van der Waals surface area contributed by atoms with Crippen molar-refractivity contribution in [3.05, 3.63) is 118 Å². The maximum atomic E-state index is 15.9. The number of nitrogens with one attached hydrogen (secondary N) is 2. The fraction of sp³-hybridized carbons (Fsp3) is 0.286. The summed E-state index contributed by atoms with van der Waals surface area (Å²) in [5, 5.41) is 8.92. The summed E-state index contributed by atoms with van der Waals surface area (Å²) in [7, 11) is 0. The highest BCUT2D eigenvalue weighted by Crippen LogP contribution is 2.38. The van der Waals surface area contributed by atoms with E-state index in [1.807, 2.05) is 34.9 Å². The molecule has 304 valence electrons. The van der Waals surface area contributed by atoms with Crippen molar-refractivity contribution < 1.29 is 33.2 Å². The first-order chi connectivity index (χ1) is 29.1.